The lowest BCUT2D eigenvalue weighted by Crippen LogP contribution is -2.35. The molecule has 8 heteroatoms. The Kier molecular flexibility index (Phi) is 7.49. The summed E-state index contributed by atoms with van der Waals surface area (Å²) in [6.45, 7) is 4.49. The number of aryl methyl sites for hydroxylation is 1. The van der Waals surface area contributed by atoms with Crippen LogP contribution in [0.5, 0.6) is 0 Å². The molecule has 1 N–H and O–H groups in total. The third kappa shape index (κ3) is 6.17. The summed E-state index contributed by atoms with van der Waals surface area (Å²) in [5, 5.41) is 9.11. The quantitative estimate of drug-likeness (QED) is 0.330. The Balaban J connectivity index is 1.16. The maximum atomic E-state index is 12.6. The second-order valence-electron chi connectivity index (χ2n) is 8.95. The van der Waals surface area contributed by atoms with Gasteiger partial charge in [0, 0.05) is 26.1 Å². The van der Waals surface area contributed by atoms with Crippen LogP contribution in [0.1, 0.15) is 38.7 Å². The van der Waals surface area contributed by atoms with E-state index in [1.807, 2.05) is 12.1 Å². The number of pyridine rings is 1. The van der Waals surface area contributed by atoms with Crippen LogP contribution < -0.4 is 0 Å². The molecule has 0 unspecified atom stereocenters. The van der Waals surface area contributed by atoms with Crippen LogP contribution in [0.15, 0.2) is 77.3 Å². The number of ether oxygens (including phenoxy) is 1. The fraction of sp³-hybridized carbons (Fsp3) is 0.241. The molecule has 8 nitrogen and oxygen atoms in total. The first-order valence-corrected chi connectivity index (χ1v) is 12.2. The first-order chi connectivity index (χ1) is 18.0. The van der Waals surface area contributed by atoms with Gasteiger partial charge in [-0.25, -0.2) is 14.8 Å². The van der Waals surface area contributed by atoms with Gasteiger partial charge in [0.25, 0.3) is 5.89 Å². The summed E-state index contributed by atoms with van der Waals surface area (Å²) in [7, 11) is 0. The largest absolute Gasteiger partial charge is 0.477 e. The van der Waals surface area contributed by atoms with E-state index >= 15 is 0 Å². The van der Waals surface area contributed by atoms with Crippen molar-refractivity contribution < 1.29 is 23.8 Å². The molecular formula is C29H27N3O5. The normalized spacial score (nSPS) is 13.9. The van der Waals surface area contributed by atoms with E-state index in [1.165, 1.54) is 17.8 Å². The lowest BCUT2D eigenvalue weighted by molar-refractivity contribution is 0.0342. The molecular weight excluding hydrogens is 470 g/mol. The van der Waals surface area contributed by atoms with Crippen molar-refractivity contribution in [2.75, 3.05) is 26.3 Å². The van der Waals surface area contributed by atoms with Crippen LogP contribution in [-0.4, -0.2) is 58.0 Å². The van der Waals surface area contributed by atoms with Crippen molar-refractivity contribution in [1.29, 1.82) is 0 Å². The van der Waals surface area contributed by atoms with Gasteiger partial charge in [0.15, 0.2) is 5.76 Å². The molecule has 0 aliphatic carbocycles. The Morgan fingerprint density at radius 1 is 0.892 bits per heavy atom. The minimum absolute atomic E-state index is 0.00804. The molecule has 188 valence electrons. The zero-order valence-electron chi connectivity index (χ0n) is 20.3. The minimum atomic E-state index is -1.13. The van der Waals surface area contributed by atoms with Gasteiger partial charge in [0.2, 0.25) is 5.78 Å². The van der Waals surface area contributed by atoms with Gasteiger partial charge in [-0.15, -0.1) is 0 Å². The van der Waals surface area contributed by atoms with Gasteiger partial charge in [-0.2, -0.15) is 0 Å². The molecule has 1 aliphatic rings. The van der Waals surface area contributed by atoms with Crippen LogP contribution in [0.25, 0.3) is 22.6 Å². The second kappa shape index (κ2) is 11.3. The van der Waals surface area contributed by atoms with E-state index in [0.29, 0.717) is 12.1 Å². The molecule has 1 fully saturated rings. The molecule has 37 heavy (non-hydrogen) atoms. The summed E-state index contributed by atoms with van der Waals surface area (Å²) in [6, 6.07) is 21.4. The zero-order chi connectivity index (χ0) is 25.6. The summed E-state index contributed by atoms with van der Waals surface area (Å²) in [5.74, 6) is -1.11. The number of aromatic carboxylic acids is 1. The van der Waals surface area contributed by atoms with Crippen LogP contribution in [0.4, 0.5) is 0 Å². The topological polar surface area (TPSA) is 106 Å². The number of nitrogens with zero attached hydrogens (tertiary/aromatic N) is 3. The summed E-state index contributed by atoms with van der Waals surface area (Å²) in [4.78, 5) is 34.2. The molecule has 1 aliphatic heterocycles. The number of hydrogen-bond acceptors (Lipinski definition) is 7. The number of carboxylic acid groups (broad SMARTS) is 1. The molecule has 3 heterocycles. The van der Waals surface area contributed by atoms with Gasteiger partial charge in [0.1, 0.15) is 11.4 Å². The van der Waals surface area contributed by atoms with Crippen molar-refractivity contribution in [2.24, 2.45) is 0 Å². The Hall–Kier alpha value is -4.14. The first-order valence-electron chi connectivity index (χ1n) is 12.2. The van der Waals surface area contributed by atoms with Crippen molar-refractivity contribution in [2.45, 2.75) is 19.4 Å². The van der Waals surface area contributed by atoms with E-state index in [1.54, 1.807) is 12.1 Å². The Morgan fingerprint density at radius 2 is 1.57 bits per heavy atom. The van der Waals surface area contributed by atoms with Crippen LogP contribution in [-0.2, 0) is 17.7 Å². The van der Waals surface area contributed by atoms with E-state index in [9.17, 15) is 9.59 Å². The molecule has 0 bridgehead atoms. The minimum Gasteiger partial charge on any atom is -0.477 e. The number of benzene rings is 2. The maximum Gasteiger partial charge on any atom is 0.354 e. The predicted molar refractivity (Wildman–Crippen MR) is 137 cm³/mol. The van der Waals surface area contributed by atoms with Crippen molar-refractivity contribution >= 4 is 11.8 Å². The van der Waals surface area contributed by atoms with Crippen LogP contribution in [0.3, 0.4) is 0 Å². The molecule has 0 amide bonds. The average Bonchev–Trinajstić information content (AvgIpc) is 3.44. The van der Waals surface area contributed by atoms with Crippen LogP contribution >= 0.6 is 0 Å². The fourth-order valence-corrected chi connectivity index (χ4v) is 4.26. The van der Waals surface area contributed by atoms with E-state index in [-0.39, 0.29) is 29.5 Å². The van der Waals surface area contributed by atoms with Crippen molar-refractivity contribution in [3.63, 3.8) is 0 Å². The highest BCUT2D eigenvalue weighted by molar-refractivity contribution is 5.92. The third-order valence-corrected chi connectivity index (χ3v) is 6.36. The van der Waals surface area contributed by atoms with Crippen molar-refractivity contribution in [3.8, 4) is 22.6 Å². The summed E-state index contributed by atoms with van der Waals surface area (Å²) in [6.07, 6.45) is 2.20. The molecule has 0 saturated carbocycles. The van der Waals surface area contributed by atoms with Crippen LogP contribution in [0.2, 0.25) is 0 Å². The van der Waals surface area contributed by atoms with Gasteiger partial charge in [-0.05, 0) is 40.8 Å². The smallest absolute Gasteiger partial charge is 0.354 e. The first kappa shape index (κ1) is 24.5. The molecule has 4 aromatic rings. The zero-order valence-corrected chi connectivity index (χ0v) is 20.3. The molecule has 5 rings (SSSR count). The number of hydrogen-bond donors (Lipinski definition) is 1. The number of carboxylic acids is 1. The van der Waals surface area contributed by atoms with Gasteiger partial charge in [-0.1, -0.05) is 54.6 Å². The van der Waals surface area contributed by atoms with E-state index < -0.39 is 5.97 Å². The van der Waals surface area contributed by atoms with Gasteiger partial charge in [0.05, 0.1) is 19.4 Å². The lowest BCUT2D eigenvalue weighted by Gasteiger charge is -2.26. The molecule has 2 aromatic heterocycles. The second-order valence-corrected chi connectivity index (χ2v) is 8.95. The monoisotopic (exact) mass is 497 g/mol. The third-order valence-electron chi connectivity index (χ3n) is 6.36. The number of oxazole rings is 1. The van der Waals surface area contributed by atoms with E-state index in [2.05, 4.69) is 51.3 Å². The lowest BCUT2D eigenvalue weighted by atomic mass is 10.0. The van der Waals surface area contributed by atoms with Crippen LogP contribution in [0, 0.1) is 0 Å². The van der Waals surface area contributed by atoms with E-state index in [4.69, 9.17) is 14.3 Å². The van der Waals surface area contributed by atoms with Crippen molar-refractivity contribution in [1.82, 2.24) is 14.9 Å². The number of aromatic nitrogens is 2. The van der Waals surface area contributed by atoms with Gasteiger partial charge < -0.3 is 14.3 Å². The maximum absolute atomic E-state index is 12.6. The number of rotatable bonds is 9. The van der Waals surface area contributed by atoms with Gasteiger partial charge in [-0.3, -0.25) is 9.69 Å². The standard InChI is InChI=1S/C29H27N3O5/c33-26(28-30-18-27(37-28)24-2-1-3-25(31-24)29(34)35)13-8-20-4-9-22(10-5-20)23-11-6-21(7-12-23)19-32-14-16-36-17-15-32/h1-7,9-12,18H,8,13-17,19H2,(H,34,35). The number of morpholine rings is 1. The van der Waals surface area contributed by atoms with Crippen molar-refractivity contribution in [3.05, 3.63) is 95.6 Å². The van der Waals surface area contributed by atoms with Gasteiger partial charge >= 0.3 is 5.97 Å². The highest BCUT2D eigenvalue weighted by Gasteiger charge is 2.16. The molecule has 1 saturated heterocycles. The highest BCUT2D eigenvalue weighted by Crippen LogP contribution is 2.23. The fourth-order valence-electron chi connectivity index (χ4n) is 4.26. The number of ketones is 1. The predicted octanol–water partition coefficient (Wildman–Crippen LogP) is 4.75. The van der Waals surface area contributed by atoms with E-state index in [0.717, 1.165) is 49.5 Å². The highest BCUT2D eigenvalue weighted by atomic mass is 16.5. The molecule has 0 radical (unpaired) electrons. The Morgan fingerprint density at radius 3 is 2.24 bits per heavy atom. The Bertz CT molecular complexity index is 1370. The SMILES string of the molecule is O=C(O)c1cccc(-c2cnc(C(=O)CCc3ccc(-c4ccc(CN5CCOCC5)cc4)cc3)o2)n1. The number of Topliss-reactive ketones (excluding diaryl/α,β-unsaturated/α-hetero) is 1. The molecule has 0 atom stereocenters. The Labute approximate surface area is 214 Å². The number of carbonyl (C=O) groups is 2. The molecule has 0 spiro atoms. The average molecular weight is 498 g/mol. The molecule has 2 aromatic carbocycles. The summed E-state index contributed by atoms with van der Waals surface area (Å²) in [5.41, 5.74) is 4.83. The summed E-state index contributed by atoms with van der Waals surface area (Å²) >= 11 is 0. The number of carbonyl (C=O) groups excluding carboxylic acids is 1. The summed E-state index contributed by atoms with van der Waals surface area (Å²) < 4.78 is 11.0.